The molecule has 0 bridgehead atoms. The van der Waals surface area contributed by atoms with Crippen molar-refractivity contribution in [3.63, 3.8) is 0 Å². The fourth-order valence-corrected chi connectivity index (χ4v) is 1.45. The van der Waals surface area contributed by atoms with E-state index < -0.39 is 0 Å². The monoisotopic (exact) mass is 225 g/mol. The average Bonchev–Trinajstić information content (AvgIpc) is 2.20. The number of amides is 1. The highest BCUT2D eigenvalue weighted by Gasteiger charge is 2.09. The molecule has 0 aromatic heterocycles. The van der Waals surface area contributed by atoms with Crippen molar-refractivity contribution in [2.45, 2.75) is 13.5 Å². The molecule has 4 nitrogen and oxygen atoms in total. The van der Waals surface area contributed by atoms with Gasteiger partial charge in [0.05, 0.1) is 6.54 Å². The number of rotatable bonds is 5. The van der Waals surface area contributed by atoms with Gasteiger partial charge >= 0.3 is 0 Å². The molecule has 0 aliphatic heterocycles. The van der Waals surface area contributed by atoms with Crippen LogP contribution in [-0.2, 0) is 11.3 Å². The number of likely N-dealkylation sites (N-methyl/N-ethyl adjacent to an activating group) is 1. The molecule has 0 fully saturated rings. The maximum Gasteiger partial charge on any atom is 0.231 e. The number of anilines is 1. The van der Waals surface area contributed by atoms with Gasteiger partial charge in [-0.1, -0.05) is 13.0 Å². The van der Waals surface area contributed by atoms with E-state index in [4.69, 9.17) is 11.5 Å². The van der Waals surface area contributed by atoms with Gasteiger partial charge in [-0.3, -0.25) is 9.69 Å². The summed E-state index contributed by atoms with van der Waals surface area (Å²) in [5.74, 6) is -0.748. The fourth-order valence-electron chi connectivity index (χ4n) is 1.45. The lowest BCUT2D eigenvalue weighted by atomic mass is 10.1. The highest BCUT2D eigenvalue weighted by atomic mass is 19.1. The van der Waals surface area contributed by atoms with Crippen LogP contribution in [0.2, 0.25) is 0 Å². The molecular weight excluding hydrogens is 209 g/mol. The van der Waals surface area contributed by atoms with Gasteiger partial charge in [-0.05, 0) is 24.2 Å². The van der Waals surface area contributed by atoms with Crippen molar-refractivity contribution in [1.29, 1.82) is 0 Å². The van der Waals surface area contributed by atoms with Gasteiger partial charge in [0.1, 0.15) is 5.82 Å². The minimum Gasteiger partial charge on any atom is -0.398 e. The smallest absolute Gasteiger partial charge is 0.231 e. The second kappa shape index (κ2) is 5.46. The Hall–Kier alpha value is -1.62. The van der Waals surface area contributed by atoms with Crippen LogP contribution >= 0.6 is 0 Å². The summed E-state index contributed by atoms with van der Waals surface area (Å²) >= 11 is 0. The van der Waals surface area contributed by atoms with Gasteiger partial charge in [0.25, 0.3) is 0 Å². The first-order valence-corrected chi connectivity index (χ1v) is 5.07. The van der Waals surface area contributed by atoms with Crippen LogP contribution < -0.4 is 11.5 Å². The van der Waals surface area contributed by atoms with E-state index >= 15 is 0 Å². The van der Waals surface area contributed by atoms with E-state index in [1.807, 2.05) is 11.8 Å². The lowest BCUT2D eigenvalue weighted by Crippen LogP contribution is -2.33. The molecule has 88 valence electrons. The fraction of sp³-hybridized carbons (Fsp3) is 0.364. The number of nitrogens with zero attached hydrogens (tertiary/aromatic N) is 1. The number of nitrogen functional groups attached to an aromatic ring is 1. The molecule has 1 aromatic carbocycles. The summed E-state index contributed by atoms with van der Waals surface area (Å²) in [6.07, 6.45) is 0. The summed E-state index contributed by atoms with van der Waals surface area (Å²) in [5.41, 5.74) is 12.0. The standard InChI is InChI=1S/C11H16FN3O/c1-2-15(7-11(14)16)6-8-3-4-9(12)5-10(8)13/h3-5H,2,6-7,13H2,1H3,(H2,14,16). The first kappa shape index (κ1) is 12.4. The Morgan fingerprint density at radius 3 is 2.69 bits per heavy atom. The SMILES string of the molecule is CCN(CC(N)=O)Cc1ccc(F)cc1N. The Morgan fingerprint density at radius 1 is 1.50 bits per heavy atom. The van der Waals surface area contributed by atoms with E-state index in [-0.39, 0.29) is 18.3 Å². The maximum atomic E-state index is 12.8. The van der Waals surface area contributed by atoms with Crippen molar-refractivity contribution < 1.29 is 9.18 Å². The van der Waals surface area contributed by atoms with Gasteiger partial charge in [0.2, 0.25) is 5.91 Å². The summed E-state index contributed by atoms with van der Waals surface area (Å²) in [4.78, 5) is 12.6. The van der Waals surface area contributed by atoms with Gasteiger partial charge in [-0.25, -0.2) is 4.39 Å². The lowest BCUT2D eigenvalue weighted by Gasteiger charge is -2.19. The number of primary amides is 1. The topological polar surface area (TPSA) is 72.3 Å². The zero-order valence-electron chi connectivity index (χ0n) is 9.24. The zero-order chi connectivity index (χ0) is 12.1. The van der Waals surface area contributed by atoms with Crippen LogP contribution in [0.1, 0.15) is 12.5 Å². The minimum atomic E-state index is -0.387. The van der Waals surface area contributed by atoms with Crippen molar-refractivity contribution >= 4 is 11.6 Å². The molecule has 4 N–H and O–H groups in total. The molecule has 1 aromatic rings. The number of nitrogens with two attached hydrogens (primary N) is 2. The number of carbonyl (C=O) groups excluding carboxylic acids is 1. The van der Waals surface area contributed by atoms with Gasteiger partial charge < -0.3 is 11.5 Å². The molecule has 16 heavy (non-hydrogen) atoms. The predicted octanol–water partition coefficient (Wildman–Crippen LogP) is 0.715. The Labute approximate surface area is 94.0 Å². The molecule has 1 amide bonds. The Bertz CT molecular complexity index is 381. The highest BCUT2D eigenvalue weighted by molar-refractivity contribution is 5.75. The van der Waals surface area contributed by atoms with Crippen molar-refractivity contribution in [2.24, 2.45) is 5.73 Å². The molecule has 0 unspecified atom stereocenters. The van der Waals surface area contributed by atoms with Gasteiger partial charge in [-0.2, -0.15) is 0 Å². The largest absolute Gasteiger partial charge is 0.398 e. The molecule has 0 saturated heterocycles. The Balaban J connectivity index is 2.73. The van der Waals surface area contributed by atoms with Crippen molar-refractivity contribution in [1.82, 2.24) is 4.90 Å². The molecule has 5 heteroatoms. The molecule has 0 radical (unpaired) electrons. The van der Waals surface area contributed by atoms with E-state index in [0.29, 0.717) is 18.8 Å². The van der Waals surface area contributed by atoms with Gasteiger partial charge in [0, 0.05) is 12.2 Å². The summed E-state index contributed by atoms with van der Waals surface area (Å²) in [5, 5.41) is 0. The summed E-state index contributed by atoms with van der Waals surface area (Å²) in [6, 6.07) is 4.24. The summed E-state index contributed by atoms with van der Waals surface area (Å²) in [7, 11) is 0. The first-order chi connectivity index (χ1) is 7.52. The number of hydrogen-bond donors (Lipinski definition) is 2. The first-order valence-electron chi connectivity index (χ1n) is 5.07. The molecule has 1 rings (SSSR count). The third-order valence-corrected chi connectivity index (χ3v) is 2.33. The molecule has 0 aliphatic carbocycles. The van der Waals surface area contributed by atoms with Crippen molar-refractivity contribution in [3.05, 3.63) is 29.6 Å². The Kier molecular flexibility index (Phi) is 4.25. The summed E-state index contributed by atoms with van der Waals surface area (Å²) in [6.45, 7) is 3.27. The van der Waals surface area contributed by atoms with Crippen LogP contribution in [0, 0.1) is 5.82 Å². The van der Waals surface area contributed by atoms with E-state index in [2.05, 4.69) is 0 Å². The lowest BCUT2D eigenvalue weighted by molar-refractivity contribution is -0.119. The molecule has 0 spiro atoms. The molecule has 0 saturated carbocycles. The van der Waals surface area contributed by atoms with Crippen LogP contribution in [0.15, 0.2) is 18.2 Å². The minimum absolute atomic E-state index is 0.174. The van der Waals surface area contributed by atoms with Crippen LogP contribution in [0.25, 0.3) is 0 Å². The predicted molar refractivity (Wildman–Crippen MR) is 61.0 cm³/mol. The number of hydrogen-bond acceptors (Lipinski definition) is 3. The number of carbonyl (C=O) groups is 1. The van der Waals surface area contributed by atoms with Crippen LogP contribution in [-0.4, -0.2) is 23.9 Å². The average molecular weight is 225 g/mol. The number of benzene rings is 1. The molecule has 0 heterocycles. The molecule has 0 aliphatic rings. The zero-order valence-corrected chi connectivity index (χ0v) is 9.24. The third-order valence-electron chi connectivity index (χ3n) is 2.33. The molecular formula is C11H16FN3O. The van der Waals surface area contributed by atoms with Crippen molar-refractivity contribution in [2.75, 3.05) is 18.8 Å². The quantitative estimate of drug-likeness (QED) is 0.725. The van der Waals surface area contributed by atoms with Gasteiger partial charge in [0.15, 0.2) is 0 Å². The van der Waals surface area contributed by atoms with Crippen molar-refractivity contribution in [3.8, 4) is 0 Å². The summed E-state index contributed by atoms with van der Waals surface area (Å²) < 4.78 is 12.8. The second-order valence-corrected chi connectivity index (χ2v) is 3.61. The van der Waals surface area contributed by atoms with Crippen LogP contribution in [0.5, 0.6) is 0 Å². The van der Waals surface area contributed by atoms with Crippen LogP contribution in [0.3, 0.4) is 0 Å². The maximum absolute atomic E-state index is 12.8. The third kappa shape index (κ3) is 3.51. The normalized spacial score (nSPS) is 10.7. The van der Waals surface area contributed by atoms with E-state index in [1.165, 1.54) is 12.1 Å². The van der Waals surface area contributed by atoms with Crippen LogP contribution in [0.4, 0.5) is 10.1 Å². The van der Waals surface area contributed by atoms with E-state index in [1.54, 1.807) is 6.07 Å². The Morgan fingerprint density at radius 2 is 2.19 bits per heavy atom. The second-order valence-electron chi connectivity index (χ2n) is 3.61. The highest BCUT2D eigenvalue weighted by Crippen LogP contribution is 2.15. The van der Waals surface area contributed by atoms with E-state index in [0.717, 1.165) is 5.56 Å². The van der Waals surface area contributed by atoms with E-state index in [9.17, 15) is 9.18 Å². The number of halogens is 1. The van der Waals surface area contributed by atoms with Gasteiger partial charge in [-0.15, -0.1) is 0 Å². The molecule has 0 atom stereocenters.